The smallest absolute Gasteiger partial charge is 0.331 e. The van der Waals surface area contributed by atoms with Crippen molar-refractivity contribution in [1.29, 1.82) is 0 Å². The molecule has 0 radical (unpaired) electrons. The third-order valence-electron chi connectivity index (χ3n) is 4.14. The number of carboxylic acid groups (broad SMARTS) is 1. The lowest BCUT2D eigenvalue weighted by Gasteiger charge is -2.11. The molecule has 0 unspecified atom stereocenters. The molecule has 0 aromatic heterocycles. The van der Waals surface area contributed by atoms with Crippen LogP contribution in [-0.4, -0.2) is 23.7 Å². The van der Waals surface area contributed by atoms with Gasteiger partial charge in [-0.2, -0.15) is 0 Å². The Bertz CT molecular complexity index is 847. The Morgan fingerprint density at radius 1 is 1.00 bits per heavy atom. The van der Waals surface area contributed by atoms with Gasteiger partial charge in [0, 0.05) is 18.6 Å². The van der Waals surface area contributed by atoms with Crippen LogP contribution in [0.3, 0.4) is 0 Å². The molecule has 0 saturated heterocycles. The van der Waals surface area contributed by atoms with Gasteiger partial charge in [0.2, 0.25) is 0 Å². The van der Waals surface area contributed by atoms with Gasteiger partial charge in [-0.05, 0) is 34.2 Å². The summed E-state index contributed by atoms with van der Waals surface area (Å²) in [4.78, 5) is 21.8. The Morgan fingerprint density at radius 2 is 1.76 bits per heavy atom. The number of fused-ring (bicyclic) bond motifs is 1. The van der Waals surface area contributed by atoms with Crippen molar-refractivity contribution in [2.75, 3.05) is 6.61 Å². The average Bonchev–Trinajstić information content (AvgIpc) is 3.04. The van der Waals surface area contributed by atoms with Gasteiger partial charge in [0.1, 0.15) is 0 Å². The number of ether oxygens (including phenoxy) is 1. The second-order valence-corrected chi connectivity index (χ2v) is 5.72. The third kappa shape index (κ3) is 4.04. The first-order valence-corrected chi connectivity index (χ1v) is 8.09. The molecule has 2 aromatic carbocycles. The van der Waals surface area contributed by atoms with E-state index in [-0.39, 0.29) is 6.61 Å². The van der Waals surface area contributed by atoms with Crippen molar-refractivity contribution < 1.29 is 19.4 Å². The van der Waals surface area contributed by atoms with Crippen LogP contribution in [0, 0.1) is 0 Å². The van der Waals surface area contributed by atoms with Crippen LogP contribution in [0.4, 0.5) is 0 Å². The van der Waals surface area contributed by atoms with Crippen molar-refractivity contribution in [1.82, 2.24) is 0 Å². The van der Waals surface area contributed by atoms with Gasteiger partial charge in [0.15, 0.2) is 0 Å². The zero-order valence-corrected chi connectivity index (χ0v) is 13.6. The van der Waals surface area contributed by atoms with Crippen LogP contribution in [0.25, 0.3) is 16.7 Å². The Balaban J connectivity index is 1.67. The molecule has 1 aliphatic carbocycles. The van der Waals surface area contributed by atoms with Crippen LogP contribution < -0.4 is 0 Å². The summed E-state index contributed by atoms with van der Waals surface area (Å²) in [5, 5.41) is 8.49. The lowest BCUT2D eigenvalue weighted by molar-refractivity contribution is -0.138. The normalized spacial score (nSPS) is 12.7. The van der Waals surface area contributed by atoms with Crippen LogP contribution in [0.5, 0.6) is 0 Å². The van der Waals surface area contributed by atoms with Crippen LogP contribution in [0.15, 0.2) is 66.8 Å². The second-order valence-electron chi connectivity index (χ2n) is 5.72. The molecule has 4 nitrogen and oxygen atoms in total. The summed E-state index contributed by atoms with van der Waals surface area (Å²) in [6.07, 6.45) is 5.34. The number of carbonyl (C=O) groups excluding carboxylic acids is 1. The predicted octanol–water partition coefficient (Wildman–Crippen LogP) is 3.87. The van der Waals surface area contributed by atoms with E-state index < -0.39 is 11.9 Å². The lowest BCUT2D eigenvalue weighted by atomic mass is 9.94. The van der Waals surface area contributed by atoms with Gasteiger partial charge in [-0.15, -0.1) is 0 Å². The van der Waals surface area contributed by atoms with E-state index in [0.29, 0.717) is 6.42 Å². The van der Waals surface area contributed by atoms with Crippen molar-refractivity contribution in [3.8, 4) is 11.1 Å². The SMILES string of the molecule is O=C(O)/C=C\C(=O)OCCC1=CCc2c1cccc2-c1ccccc1. The molecule has 2 aromatic rings. The van der Waals surface area contributed by atoms with Crippen molar-refractivity contribution in [3.05, 3.63) is 77.9 Å². The quantitative estimate of drug-likeness (QED) is 0.643. The molecule has 1 aliphatic rings. The summed E-state index contributed by atoms with van der Waals surface area (Å²) in [5.41, 5.74) is 6.06. The number of hydrogen-bond acceptors (Lipinski definition) is 3. The fraction of sp³-hybridized carbons (Fsp3) is 0.143. The zero-order valence-electron chi connectivity index (χ0n) is 13.6. The van der Waals surface area contributed by atoms with Crippen LogP contribution in [0.2, 0.25) is 0 Å². The molecule has 0 bridgehead atoms. The van der Waals surface area contributed by atoms with E-state index in [0.717, 1.165) is 24.1 Å². The van der Waals surface area contributed by atoms with Gasteiger partial charge in [-0.3, -0.25) is 0 Å². The summed E-state index contributed by atoms with van der Waals surface area (Å²) < 4.78 is 5.05. The summed E-state index contributed by atoms with van der Waals surface area (Å²) in [5.74, 6) is -1.81. The molecule has 0 atom stereocenters. The molecular formula is C21H18O4. The first-order valence-electron chi connectivity index (χ1n) is 8.09. The Hall–Kier alpha value is -3.14. The van der Waals surface area contributed by atoms with Crippen LogP contribution in [0.1, 0.15) is 17.5 Å². The van der Waals surface area contributed by atoms with Gasteiger partial charge in [0.05, 0.1) is 6.61 Å². The number of esters is 1. The van der Waals surface area contributed by atoms with Gasteiger partial charge in [0.25, 0.3) is 0 Å². The maximum absolute atomic E-state index is 11.4. The number of rotatable bonds is 6. The highest BCUT2D eigenvalue weighted by Crippen LogP contribution is 2.36. The largest absolute Gasteiger partial charge is 0.478 e. The summed E-state index contributed by atoms with van der Waals surface area (Å²) in [7, 11) is 0. The molecular weight excluding hydrogens is 316 g/mol. The minimum absolute atomic E-state index is 0.226. The minimum Gasteiger partial charge on any atom is -0.478 e. The highest BCUT2D eigenvalue weighted by Gasteiger charge is 2.17. The maximum atomic E-state index is 11.4. The van der Waals surface area contributed by atoms with Gasteiger partial charge >= 0.3 is 11.9 Å². The average molecular weight is 334 g/mol. The summed E-state index contributed by atoms with van der Waals surface area (Å²) in [6.45, 7) is 0.226. The molecule has 0 fully saturated rings. The highest BCUT2D eigenvalue weighted by molar-refractivity contribution is 5.90. The van der Waals surface area contributed by atoms with Gasteiger partial charge < -0.3 is 9.84 Å². The number of benzene rings is 2. The lowest BCUT2D eigenvalue weighted by Crippen LogP contribution is -2.04. The second kappa shape index (κ2) is 7.62. The first kappa shape index (κ1) is 16.7. The molecule has 25 heavy (non-hydrogen) atoms. The molecule has 0 saturated carbocycles. The van der Waals surface area contributed by atoms with Crippen molar-refractivity contribution in [2.45, 2.75) is 12.8 Å². The van der Waals surface area contributed by atoms with Crippen LogP contribution >= 0.6 is 0 Å². The molecule has 3 rings (SSSR count). The van der Waals surface area contributed by atoms with E-state index in [1.54, 1.807) is 0 Å². The number of aliphatic carboxylic acids is 1. The highest BCUT2D eigenvalue weighted by atomic mass is 16.5. The topological polar surface area (TPSA) is 63.6 Å². The number of allylic oxidation sites excluding steroid dienone is 1. The predicted molar refractivity (Wildman–Crippen MR) is 95.9 cm³/mol. The third-order valence-corrected chi connectivity index (χ3v) is 4.14. The molecule has 0 spiro atoms. The first-order chi connectivity index (χ1) is 12.1. The molecule has 126 valence electrons. The zero-order chi connectivity index (χ0) is 17.6. The fourth-order valence-corrected chi connectivity index (χ4v) is 3.02. The number of carboxylic acids is 1. The maximum Gasteiger partial charge on any atom is 0.331 e. The summed E-state index contributed by atoms with van der Waals surface area (Å²) >= 11 is 0. The van der Waals surface area contributed by atoms with E-state index >= 15 is 0 Å². The van der Waals surface area contributed by atoms with Crippen LogP contribution in [-0.2, 0) is 20.7 Å². The molecule has 4 heteroatoms. The van der Waals surface area contributed by atoms with Gasteiger partial charge in [-0.25, -0.2) is 9.59 Å². The monoisotopic (exact) mass is 334 g/mol. The van der Waals surface area contributed by atoms with Crippen molar-refractivity contribution in [3.63, 3.8) is 0 Å². The Kier molecular flexibility index (Phi) is 5.09. The fourth-order valence-electron chi connectivity index (χ4n) is 3.02. The Morgan fingerprint density at radius 3 is 2.52 bits per heavy atom. The summed E-state index contributed by atoms with van der Waals surface area (Å²) in [6, 6.07) is 16.5. The van der Waals surface area contributed by atoms with E-state index in [9.17, 15) is 9.59 Å². The van der Waals surface area contributed by atoms with Crippen molar-refractivity contribution >= 4 is 17.5 Å². The van der Waals surface area contributed by atoms with E-state index in [1.165, 1.54) is 22.3 Å². The minimum atomic E-state index is -1.17. The van der Waals surface area contributed by atoms with Crippen molar-refractivity contribution in [2.24, 2.45) is 0 Å². The van der Waals surface area contributed by atoms with E-state index in [4.69, 9.17) is 9.84 Å². The molecule has 1 N–H and O–H groups in total. The van der Waals surface area contributed by atoms with Gasteiger partial charge in [-0.1, -0.05) is 54.6 Å². The van der Waals surface area contributed by atoms with E-state index in [2.05, 4.69) is 30.3 Å². The number of hydrogen-bond donors (Lipinski definition) is 1. The molecule has 0 heterocycles. The molecule has 0 aliphatic heterocycles. The van der Waals surface area contributed by atoms with E-state index in [1.807, 2.05) is 24.3 Å². The molecule has 0 amide bonds. The standard InChI is InChI=1S/C21H18O4/c22-20(23)11-12-21(24)25-14-13-16-9-10-19-17(7-4-8-18(16)19)15-5-2-1-3-6-15/h1-9,11-12H,10,13-14H2,(H,22,23)/b12-11-. The Labute approximate surface area is 146 Å². The number of carbonyl (C=O) groups is 2.